The van der Waals surface area contributed by atoms with Crippen molar-refractivity contribution in [2.24, 2.45) is 5.92 Å². The van der Waals surface area contributed by atoms with E-state index < -0.39 is 11.7 Å². The molecule has 1 aromatic heterocycles. The quantitative estimate of drug-likeness (QED) is 0.815. The van der Waals surface area contributed by atoms with E-state index in [2.05, 4.69) is 4.98 Å². The van der Waals surface area contributed by atoms with Crippen molar-refractivity contribution in [1.29, 1.82) is 0 Å². The van der Waals surface area contributed by atoms with Gasteiger partial charge in [0.1, 0.15) is 5.82 Å². The zero-order valence-corrected chi connectivity index (χ0v) is 12.8. The maximum Gasteiger partial charge on any atom is 0.230 e. The minimum absolute atomic E-state index is 0.00329. The number of carbonyl (C=O) groups is 2. The van der Waals surface area contributed by atoms with Crippen LogP contribution in [0, 0.1) is 11.7 Å². The van der Waals surface area contributed by atoms with Gasteiger partial charge >= 0.3 is 0 Å². The lowest BCUT2D eigenvalue weighted by Crippen LogP contribution is -2.34. The third kappa shape index (κ3) is 2.99. The van der Waals surface area contributed by atoms with Gasteiger partial charge in [0, 0.05) is 37.0 Å². The van der Waals surface area contributed by atoms with Crippen molar-refractivity contribution in [2.75, 3.05) is 11.4 Å². The molecule has 1 aliphatic heterocycles. The summed E-state index contributed by atoms with van der Waals surface area (Å²) in [5.41, 5.74) is 1.93. The van der Waals surface area contributed by atoms with Crippen molar-refractivity contribution in [3.63, 3.8) is 0 Å². The van der Waals surface area contributed by atoms with Crippen LogP contribution < -0.4 is 4.90 Å². The molecular formula is C18H17FN2O2. The number of rotatable bonds is 4. The average molecular weight is 312 g/mol. The molecule has 0 N–H and O–H groups in total. The average Bonchev–Trinajstić information content (AvgIpc) is 2.98. The molecule has 1 unspecified atom stereocenters. The van der Waals surface area contributed by atoms with Crippen LogP contribution >= 0.6 is 0 Å². The van der Waals surface area contributed by atoms with Crippen molar-refractivity contribution in [3.8, 4) is 0 Å². The zero-order valence-electron chi connectivity index (χ0n) is 12.8. The second-order valence-electron chi connectivity index (χ2n) is 5.75. The summed E-state index contributed by atoms with van der Waals surface area (Å²) in [7, 11) is 0. The van der Waals surface area contributed by atoms with E-state index in [4.69, 9.17) is 0 Å². The first-order valence-electron chi connectivity index (χ1n) is 7.60. The lowest BCUT2D eigenvalue weighted by atomic mass is 9.98. The van der Waals surface area contributed by atoms with Crippen molar-refractivity contribution in [1.82, 2.24) is 4.98 Å². The molecule has 4 nitrogen and oxygen atoms in total. The van der Waals surface area contributed by atoms with Crippen LogP contribution in [0.25, 0.3) is 0 Å². The Hall–Kier alpha value is -2.56. The highest BCUT2D eigenvalue weighted by Gasteiger charge is 2.29. The second-order valence-corrected chi connectivity index (χ2v) is 5.75. The summed E-state index contributed by atoms with van der Waals surface area (Å²) >= 11 is 0. The third-order valence-corrected chi connectivity index (χ3v) is 4.13. The number of carbonyl (C=O) groups excluding carboxylic acids is 2. The number of fused-ring (bicyclic) bond motifs is 1. The fraction of sp³-hybridized carbons (Fsp3) is 0.278. The molecule has 2 heterocycles. The van der Waals surface area contributed by atoms with Crippen LogP contribution in [0.15, 0.2) is 42.7 Å². The lowest BCUT2D eigenvalue weighted by molar-refractivity contribution is -0.121. The van der Waals surface area contributed by atoms with Gasteiger partial charge in [0.2, 0.25) is 5.91 Å². The highest BCUT2D eigenvalue weighted by atomic mass is 19.1. The maximum atomic E-state index is 13.7. The van der Waals surface area contributed by atoms with Crippen LogP contribution in [0.2, 0.25) is 0 Å². The summed E-state index contributed by atoms with van der Waals surface area (Å²) in [5.74, 6) is -1.51. The summed E-state index contributed by atoms with van der Waals surface area (Å²) in [4.78, 5) is 30.6. The molecule has 118 valence electrons. The van der Waals surface area contributed by atoms with Crippen LogP contribution in [0.5, 0.6) is 0 Å². The molecule has 1 amide bonds. The van der Waals surface area contributed by atoms with Gasteiger partial charge < -0.3 is 4.90 Å². The smallest absolute Gasteiger partial charge is 0.230 e. The van der Waals surface area contributed by atoms with E-state index in [1.54, 1.807) is 30.3 Å². The normalized spacial score (nSPS) is 14.4. The van der Waals surface area contributed by atoms with E-state index >= 15 is 0 Å². The Balaban J connectivity index is 1.72. The molecule has 2 aromatic rings. The van der Waals surface area contributed by atoms with Gasteiger partial charge in [-0.3, -0.25) is 14.6 Å². The summed E-state index contributed by atoms with van der Waals surface area (Å²) < 4.78 is 13.7. The first kappa shape index (κ1) is 15.3. The molecule has 1 aliphatic rings. The van der Waals surface area contributed by atoms with Crippen molar-refractivity contribution < 1.29 is 14.0 Å². The first-order chi connectivity index (χ1) is 11.1. The van der Waals surface area contributed by atoms with Crippen molar-refractivity contribution in [2.45, 2.75) is 19.8 Å². The largest absolute Gasteiger partial charge is 0.311 e. The number of hydrogen-bond acceptors (Lipinski definition) is 3. The summed E-state index contributed by atoms with van der Waals surface area (Å²) in [6.07, 6.45) is 4.18. The topological polar surface area (TPSA) is 50.3 Å². The highest BCUT2D eigenvalue weighted by Crippen LogP contribution is 2.28. The van der Waals surface area contributed by atoms with Gasteiger partial charge in [-0.05, 0) is 30.2 Å². The van der Waals surface area contributed by atoms with E-state index in [0.29, 0.717) is 6.54 Å². The number of amides is 1. The highest BCUT2D eigenvalue weighted by molar-refractivity contribution is 6.02. The molecular weight excluding hydrogens is 295 g/mol. The Kier molecular flexibility index (Phi) is 4.19. The number of pyridine rings is 1. The van der Waals surface area contributed by atoms with Gasteiger partial charge in [0.25, 0.3) is 0 Å². The van der Waals surface area contributed by atoms with E-state index in [9.17, 15) is 14.0 Å². The zero-order chi connectivity index (χ0) is 16.4. The van der Waals surface area contributed by atoms with Gasteiger partial charge in [0.15, 0.2) is 5.78 Å². The molecule has 5 heteroatoms. The van der Waals surface area contributed by atoms with E-state index in [-0.39, 0.29) is 23.7 Å². The molecule has 1 atom stereocenters. The van der Waals surface area contributed by atoms with Gasteiger partial charge in [-0.2, -0.15) is 0 Å². The number of anilines is 1. The predicted molar refractivity (Wildman–Crippen MR) is 84.8 cm³/mol. The van der Waals surface area contributed by atoms with Crippen LogP contribution in [0.3, 0.4) is 0 Å². The maximum absolute atomic E-state index is 13.7. The number of nitrogens with zero attached hydrogens (tertiary/aromatic N) is 2. The van der Waals surface area contributed by atoms with E-state index in [1.165, 1.54) is 18.2 Å². The molecule has 3 rings (SSSR count). The minimum Gasteiger partial charge on any atom is -0.311 e. The van der Waals surface area contributed by atoms with Crippen LogP contribution in [0.1, 0.15) is 29.3 Å². The lowest BCUT2D eigenvalue weighted by Gasteiger charge is -2.21. The summed E-state index contributed by atoms with van der Waals surface area (Å²) in [6, 6.07) is 7.67. The number of benzene rings is 1. The standard InChI is InChI=1S/C18H17FN2O2/c1-12(10-17(22)14-4-2-3-5-15(14)19)18(23)21-9-7-13-11-20-8-6-16(13)21/h2-6,8,11-12H,7,9-10H2,1H3. The van der Waals surface area contributed by atoms with Gasteiger partial charge in [-0.25, -0.2) is 4.39 Å². The molecule has 0 fully saturated rings. The Morgan fingerprint density at radius 1 is 1.30 bits per heavy atom. The minimum atomic E-state index is -0.547. The molecule has 0 spiro atoms. The molecule has 0 saturated carbocycles. The molecule has 0 bridgehead atoms. The molecule has 0 radical (unpaired) electrons. The van der Waals surface area contributed by atoms with Gasteiger partial charge in [0.05, 0.1) is 5.56 Å². The molecule has 0 aliphatic carbocycles. The van der Waals surface area contributed by atoms with Crippen molar-refractivity contribution >= 4 is 17.4 Å². The SMILES string of the molecule is CC(CC(=O)c1ccccc1F)C(=O)N1CCc2cnccc21. The Morgan fingerprint density at radius 2 is 2.09 bits per heavy atom. The first-order valence-corrected chi connectivity index (χ1v) is 7.60. The fourth-order valence-electron chi connectivity index (χ4n) is 2.89. The van der Waals surface area contributed by atoms with Crippen LogP contribution in [-0.2, 0) is 11.2 Å². The number of halogens is 1. The van der Waals surface area contributed by atoms with E-state index in [0.717, 1.165) is 17.7 Å². The monoisotopic (exact) mass is 312 g/mol. The molecule has 0 saturated heterocycles. The summed E-state index contributed by atoms with van der Waals surface area (Å²) in [6.45, 7) is 2.30. The van der Waals surface area contributed by atoms with Crippen molar-refractivity contribution in [3.05, 3.63) is 59.7 Å². The Labute approximate surface area is 134 Å². The number of hydrogen-bond donors (Lipinski definition) is 0. The third-order valence-electron chi connectivity index (χ3n) is 4.13. The van der Waals surface area contributed by atoms with Crippen LogP contribution in [-0.4, -0.2) is 23.2 Å². The molecule has 23 heavy (non-hydrogen) atoms. The van der Waals surface area contributed by atoms with Crippen LogP contribution in [0.4, 0.5) is 10.1 Å². The van der Waals surface area contributed by atoms with Gasteiger partial charge in [-0.1, -0.05) is 19.1 Å². The summed E-state index contributed by atoms with van der Waals surface area (Å²) in [5, 5.41) is 0. The number of ketones is 1. The predicted octanol–water partition coefficient (Wildman–Crippen LogP) is 3.02. The fourth-order valence-corrected chi connectivity index (χ4v) is 2.89. The van der Waals surface area contributed by atoms with E-state index in [1.807, 2.05) is 6.07 Å². The number of aromatic nitrogens is 1. The Morgan fingerprint density at radius 3 is 2.87 bits per heavy atom. The van der Waals surface area contributed by atoms with Gasteiger partial charge in [-0.15, -0.1) is 0 Å². The second kappa shape index (κ2) is 6.28. The number of Topliss-reactive ketones (excluding diaryl/α,β-unsaturated/α-hetero) is 1. The molecule has 1 aromatic carbocycles. The Bertz CT molecular complexity index is 760.